The smallest absolute Gasteiger partial charge is 0.164 e. The summed E-state index contributed by atoms with van der Waals surface area (Å²) < 4.78 is 116. The number of H-pyrrole nitrogens is 2. The molecule has 0 atom stereocenters. The Morgan fingerprint density at radius 2 is 0.510 bits per heavy atom. The molecule has 245 valence electrons. The third-order valence-electron chi connectivity index (χ3n) is 7.99. The Hall–Kier alpha value is -5.80. The summed E-state index contributed by atoms with van der Waals surface area (Å²) in [6, 6.07) is 6.59. The van der Waals surface area contributed by atoms with Gasteiger partial charge in [0.05, 0.1) is 0 Å². The van der Waals surface area contributed by atoms with Crippen LogP contribution in [-0.4, -0.2) is 39.9 Å². The van der Waals surface area contributed by atoms with Crippen LogP contribution in [0.2, 0.25) is 0 Å². The minimum absolute atomic E-state index is 0. The molecule has 49 heavy (non-hydrogen) atoms. The van der Waals surface area contributed by atoms with Crippen LogP contribution in [0.15, 0.2) is 48.5 Å². The Balaban J connectivity index is 0.00000348. The van der Waals surface area contributed by atoms with Gasteiger partial charge in [-0.15, -0.1) is 0 Å². The maximum atomic E-state index is 14.5. The molecule has 4 aromatic carbocycles. The molecule has 0 amide bonds. The fourth-order valence-electron chi connectivity index (χ4n) is 5.76. The summed E-state index contributed by atoms with van der Waals surface area (Å²) >= 11 is 0. The second-order valence-corrected chi connectivity index (χ2v) is 10.9. The van der Waals surface area contributed by atoms with Crippen molar-refractivity contribution in [2.24, 2.45) is 0 Å². The normalized spacial score (nSPS) is 11.9. The van der Waals surface area contributed by atoms with E-state index in [0.29, 0.717) is 0 Å². The van der Waals surface area contributed by atoms with E-state index in [1.54, 1.807) is 0 Å². The third-order valence-corrected chi connectivity index (χ3v) is 7.99. The second-order valence-electron chi connectivity index (χ2n) is 10.9. The van der Waals surface area contributed by atoms with E-state index in [4.69, 9.17) is 0 Å². The summed E-state index contributed by atoms with van der Waals surface area (Å²) in [7, 11) is 0. The van der Waals surface area contributed by atoms with Gasteiger partial charge in [-0.3, -0.25) is 0 Å². The Kier molecular flexibility index (Phi) is 6.60. The van der Waals surface area contributed by atoms with Gasteiger partial charge in [0.2, 0.25) is 0 Å². The van der Waals surface area contributed by atoms with E-state index < -0.39 is 46.5 Å². The predicted molar refractivity (Wildman–Crippen MR) is 156 cm³/mol. The summed E-state index contributed by atoms with van der Waals surface area (Å²) in [6.45, 7) is 0. The number of fused-ring (bicyclic) bond motifs is 20. The standard InChI is InChI=1S/C32H10F8N8.Cu/c33-17-1-9-10(2-18(17)34)26-41-25(9)45-27-11-3-19(35)20(36)4-12(11)29(42-27)47-31-15-7-23(39)24(40)8-16(15)32(44-31)48-30-14-6-22(38)21(37)5-13(14)28(43-30)46-26;/h1-8H,(H2,41,42,43,44,45,46,47,48);. The number of benzene rings is 4. The van der Waals surface area contributed by atoms with Gasteiger partial charge in [0.15, 0.2) is 69.8 Å². The number of aromatic nitrogens is 8. The average molecular weight is 722 g/mol. The van der Waals surface area contributed by atoms with Crippen LogP contribution in [0.3, 0.4) is 0 Å². The van der Waals surface area contributed by atoms with Crippen LogP contribution in [-0.2, 0) is 17.1 Å². The number of nitrogens with zero attached hydrogens (tertiary/aromatic N) is 6. The molecule has 0 saturated heterocycles. The zero-order valence-corrected chi connectivity index (χ0v) is 24.6. The van der Waals surface area contributed by atoms with Crippen LogP contribution in [0.25, 0.3) is 89.7 Å². The van der Waals surface area contributed by atoms with Gasteiger partial charge in [-0.2, -0.15) is 0 Å². The molecule has 5 heterocycles. The number of halogens is 8. The molecule has 8 bridgehead atoms. The van der Waals surface area contributed by atoms with Crippen LogP contribution in [0, 0.1) is 46.5 Å². The Morgan fingerprint density at radius 1 is 0.306 bits per heavy atom. The van der Waals surface area contributed by atoms with Crippen LogP contribution in [0.5, 0.6) is 0 Å². The van der Waals surface area contributed by atoms with Crippen molar-refractivity contribution in [1.82, 2.24) is 39.9 Å². The topological polar surface area (TPSA) is 109 Å². The van der Waals surface area contributed by atoms with Gasteiger partial charge in [-0.25, -0.2) is 65.0 Å². The fraction of sp³-hybridized carbons (Fsp3) is 0. The molecule has 2 N–H and O–H groups in total. The molecule has 1 radical (unpaired) electrons. The molecule has 8 nitrogen and oxygen atoms in total. The van der Waals surface area contributed by atoms with Crippen LogP contribution in [0.4, 0.5) is 35.1 Å². The summed E-state index contributed by atoms with van der Waals surface area (Å²) in [5.41, 5.74) is -0.730. The maximum Gasteiger partial charge on any atom is 0.164 e. The van der Waals surface area contributed by atoms with Crippen molar-refractivity contribution in [2.75, 3.05) is 0 Å². The van der Waals surface area contributed by atoms with E-state index in [9.17, 15) is 35.1 Å². The first-order valence-corrected chi connectivity index (χ1v) is 13.8. The Labute approximate surface area is 276 Å². The first-order valence-electron chi connectivity index (χ1n) is 13.8. The van der Waals surface area contributed by atoms with Crippen molar-refractivity contribution in [2.45, 2.75) is 0 Å². The quantitative estimate of drug-likeness (QED) is 0.121. The zero-order valence-electron chi connectivity index (χ0n) is 23.6. The van der Waals surface area contributed by atoms with Gasteiger partial charge in [0, 0.05) is 60.9 Å². The van der Waals surface area contributed by atoms with Crippen LogP contribution < -0.4 is 0 Å². The summed E-state index contributed by atoms with van der Waals surface area (Å²) in [5, 5.41) is -0.0397. The molecule has 2 aliphatic heterocycles. The van der Waals surface area contributed by atoms with E-state index >= 15 is 0 Å². The molecule has 0 spiro atoms. The monoisotopic (exact) mass is 721 g/mol. The fourth-order valence-corrected chi connectivity index (χ4v) is 5.76. The molecular weight excluding hydrogens is 712 g/mol. The van der Waals surface area contributed by atoms with Crippen LogP contribution >= 0.6 is 0 Å². The van der Waals surface area contributed by atoms with E-state index in [2.05, 4.69) is 39.9 Å². The molecule has 7 aromatic rings. The van der Waals surface area contributed by atoms with Gasteiger partial charge in [0.1, 0.15) is 22.6 Å². The Morgan fingerprint density at radius 3 is 0.735 bits per heavy atom. The molecule has 0 unspecified atom stereocenters. The molecule has 3 aromatic heterocycles. The maximum absolute atomic E-state index is 14.5. The zero-order chi connectivity index (χ0) is 33.2. The minimum Gasteiger partial charge on any atom is -0.324 e. The van der Waals surface area contributed by atoms with Crippen LogP contribution in [0.1, 0.15) is 0 Å². The van der Waals surface area contributed by atoms with E-state index in [1.807, 2.05) is 0 Å². The number of nitrogens with one attached hydrogen (secondary N) is 2. The van der Waals surface area contributed by atoms with Gasteiger partial charge in [-0.1, -0.05) is 0 Å². The molecule has 9 rings (SSSR count). The van der Waals surface area contributed by atoms with Crippen molar-refractivity contribution in [3.05, 3.63) is 95.1 Å². The molecule has 0 saturated carbocycles. The van der Waals surface area contributed by atoms with Gasteiger partial charge in [0.25, 0.3) is 0 Å². The number of aromatic amines is 2. The van der Waals surface area contributed by atoms with Crippen molar-refractivity contribution in [3.63, 3.8) is 0 Å². The first-order chi connectivity index (χ1) is 23.0. The van der Waals surface area contributed by atoms with Crippen molar-refractivity contribution >= 4 is 44.1 Å². The van der Waals surface area contributed by atoms with Gasteiger partial charge in [-0.05, 0) is 48.5 Å². The number of rotatable bonds is 0. The van der Waals surface area contributed by atoms with E-state index in [1.165, 1.54) is 0 Å². The first kappa shape index (κ1) is 30.5. The molecule has 17 heteroatoms. The molecule has 0 fully saturated rings. The van der Waals surface area contributed by atoms with Crippen molar-refractivity contribution in [1.29, 1.82) is 0 Å². The van der Waals surface area contributed by atoms with E-state index in [0.717, 1.165) is 48.5 Å². The predicted octanol–water partition coefficient (Wildman–Crippen LogP) is 7.98. The largest absolute Gasteiger partial charge is 0.324 e. The number of hydrogen-bond donors (Lipinski definition) is 2. The summed E-state index contributed by atoms with van der Waals surface area (Å²) in [4.78, 5) is 31.9. The molecule has 0 aliphatic carbocycles. The second kappa shape index (κ2) is 10.6. The Bertz CT molecular complexity index is 2430. The van der Waals surface area contributed by atoms with Gasteiger partial charge < -0.3 is 9.97 Å². The summed E-state index contributed by atoms with van der Waals surface area (Å²) in [5.74, 6) is -10.9. The summed E-state index contributed by atoms with van der Waals surface area (Å²) in [6.07, 6.45) is 0. The third kappa shape index (κ3) is 4.57. The van der Waals surface area contributed by atoms with Crippen molar-refractivity contribution < 1.29 is 52.2 Å². The average Bonchev–Trinajstić information content (AvgIpc) is 3.74. The molecular formula is C32H10CuF8N8. The van der Waals surface area contributed by atoms with E-state index in [-0.39, 0.29) is 107 Å². The SMILES string of the molecule is Fc1cc2c(cc1F)-c1nc-2nc2[nH]c(nc3nc(nc4[nH]c(n1)c1cc(F)c(F)cc41)-c1cc(F)c(F)cc1-3)c1cc(F)c(F)cc21.[Cu]. The van der Waals surface area contributed by atoms with Crippen molar-refractivity contribution in [3.8, 4) is 45.6 Å². The van der Waals surface area contributed by atoms with Gasteiger partial charge >= 0.3 is 0 Å². The minimum atomic E-state index is -1.25. The molecule has 2 aliphatic rings. The number of hydrogen-bond acceptors (Lipinski definition) is 6.